The third-order valence-corrected chi connectivity index (χ3v) is 10.9. The van der Waals surface area contributed by atoms with Crippen LogP contribution in [0.1, 0.15) is 30.5 Å². The molecule has 0 fully saturated rings. The van der Waals surface area contributed by atoms with Crippen LogP contribution in [0.5, 0.6) is 0 Å². The summed E-state index contributed by atoms with van der Waals surface area (Å²) >= 11 is 34.5. The SMILES string of the molecule is N#Cc1sc2c(=O)c3ccccc3c(=O)c=2sc1C#N.O=C1C(Cl)=C(Cl)C(=O)C(Cl)=C1Cl.O=C1C(Cl)=C(Cl)C(=O)c2ccccc21. The maximum Gasteiger partial charge on any atom is 0.219 e. The molecular formula is C30H8Cl6N2O6S2. The molecule has 1 heterocycles. The number of allylic oxidation sites excluding steroid dienone is 6. The second-order valence-electron chi connectivity index (χ2n) is 8.69. The molecule has 0 atom stereocenters. The minimum atomic E-state index is -0.729. The van der Waals surface area contributed by atoms with E-state index in [1.165, 1.54) is 0 Å². The zero-order chi connectivity index (χ0) is 34.0. The van der Waals surface area contributed by atoms with E-state index in [2.05, 4.69) is 0 Å². The summed E-state index contributed by atoms with van der Waals surface area (Å²) < 4.78 is 0.489. The van der Waals surface area contributed by atoms with E-state index in [-0.39, 0.29) is 39.7 Å². The summed E-state index contributed by atoms with van der Waals surface area (Å²) in [6, 6.07) is 16.8. The van der Waals surface area contributed by atoms with Gasteiger partial charge in [0.25, 0.3) is 0 Å². The third kappa shape index (κ3) is 6.45. The molecule has 0 N–H and O–H groups in total. The Morgan fingerprint density at radius 3 is 1.04 bits per heavy atom. The van der Waals surface area contributed by atoms with Gasteiger partial charge in [-0.3, -0.25) is 28.8 Å². The number of ketones is 4. The monoisotopic (exact) mass is 766 g/mol. The predicted molar refractivity (Wildman–Crippen MR) is 178 cm³/mol. The average molecular weight is 769 g/mol. The maximum atomic E-state index is 12.4. The zero-order valence-corrected chi connectivity index (χ0v) is 28.2. The summed E-state index contributed by atoms with van der Waals surface area (Å²) in [6.45, 7) is 0. The van der Waals surface area contributed by atoms with Gasteiger partial charge in [0.1, 0.15) is 52.1 Å². The van der Waals surface area contributed by atoms with Gasteiger partial charge in [-0.1, -0.05) is 118 Å². The molecule has 0 bridgehead atoms. The van der Waals surface area contributed by atoms with E-state index in [0.29, 0.717) is 21.9 Å². The van der Waals surface area contributed by atoms with Gasteiger partial charge in [0.2, 0.25) is 34.0 Å². The summed E-state index contributed by atoms with van der Waals surface area (Å²) in [5.41, 5.74) is 0.0914. The number of hydrogen-bond acceptors (Lipinski definition) is 10. The van der Waals surface area contributed by atoms with Crippen molar-refractivity contribution < 1.29 is 19.2 Å². The molecule has 4 aliphatic rings. The van der Waals surface area contributed by atoms with Crippen molar-refractivity contribution >= 4 is 126 Å². The topological polar surface area (TPSA) is 150 Å². The van der Waals surface area contributed by atoms with Crippen molar-refractivity contribution in [3.8, 4) is 12.1 Å². The molecular weight excluding hydrogens is 761 g/mol. The summed E-state index contributed by atoms with van der Waals surface area (Å²) in [5.74, 6) is -2.25. The van der Waals surface area contributed by atoms with Crippen LogP contribution in [0.25, 0.3) is 10.8 Å². The molecule has 2 aromatic rings. The number of rotatable bonds is 0. The molecule has 0 unspecified atom stereocenters. The van der Waals surface area contributed by atoms with Crippen molar-refractivity contribution in [3.63, 3.8) is 0 Å². The fourth-order valence-electron chi connectivity index (χ4n) is 3.87. The molecule has 6 rings (SSSR count). The first-order valence-corrected chi connectivity index (χ1v) is 15.9. The van der Waals surface area contributed by atoms with Crippen LogP contribution in [0.2, 0.25) is 0 Å². The smallest absolute Gasteiger partial charge is 0.219 e. The average Bonchev–Trinajstić information content (AvgIpc) is 3.09. The van der Waals surface area contributed by atoms with Crippen LogP contribution in [0, 0.1) is 31.7 Å². The van der Waals surface area contributed by atoms with E-state index < -0.39 is 43.3 Å². The quantitative estimate of drug-likeness (QED) is 0.168. The van der Waals surface area contributed by atoms with Crippen molar-refractivity contribution in [1.82, 2.24) is 0 Å². The highest BCUT2D eigenvalue weighted by atomic mass is 35.5. The van der Waals surface area contributed by atoms with Crippen molar-refractivity contribution in [1.29, 1.82) is 10.5 Å². The molecule has 8 nitrogen and oxygen atoms in total. The minimum absolute atomic E-state index is 0.164. The van der Waals surface area contributed by atoms with Crippen molar-refractivity contribution in [2.45, 2.75) is 0 Å². The summed E-state index contributed by atoms with van der Waals surface area (Å²) in [6.07, 6.45) is 0. The number of carbonyl (C=O) groups is 4. The summed E-state index contributed by atoms with van der Waals surface area (Å²) in [7, 11) is 0. The number of Topliss-reactive ketones (excluding diaryl/α,β-unsaturated/α-hetero) is 4. The van der Waals surface area contributed by atoms with E-state index in [1.807, 2.05) is 12.1 Å². The van der Waals surface area contributed by atoms with Crippen LogP contribution >= 0.6 is 92.3 Å². The molecule has 0 radical (unpaired) electrons. The van der Waals surface area contributed by atoms with Crippen LogP contribution in [-0.2, 0) is 9.59 Å². The Morgan fingerprint density at radius 2 is 0.739 bits per heavy atom. The number of halogens is 6. The van der Waals surface area contributed by atoms with Gasteiger partial charge in [-0.25, -0.2) is 0 Å². The number of hydrogen-bond donors (Lipinski definition) is 0. The number of benzene rings is 2. The molecule has 0 saturated carbocycles. The zero-order valence-electron chi connectivity index (χ0n) is 22.0. The van der Waals surface area contributed by atoms with Gasteiger partial charge in [-0.2, -0.15) is 10.5 Å². The fraction of sp³-hybridized carbons (Fsp3) is 0. The number of nitriles is 2. The molecule has 0 spiro atoms. The Morgan fingerprint density at radius 1 is 0.457 bits per heavy atom. The van der Waals surface area contributed by atoms with Crippen LogP contribution in [0.4, 0.5) is 0 Å². The van der Waals surface area contributed by atoms with Gasteiger partial charge >= 0.3 is 0 Å². The highest BCUT2D eigenvalue weighted by Gasteiger charge is 2.31. The molecule has 228 valence electrons. The lowest BCUT2D eigenvalue weighted by molar-refractivity contribution is -0.114. The largest absolute Gasteiger partial charge is 0.288 e. The van der Waals surface area contributed by atoms with E-state index in [4.69, 9.17) is 80.1 Å². The molecule has 3 aliphatic carbocycles. The Labute approximate surface area is 295 Å². The second kappa shape index (κ2) is 14.4. The van der Waals surface area contributed by atoms with Gasteiger partial charge < -0.3 is 0 Å². The first kappa shape index (κ1) is 35.2. The fourth-order valence-corrected chi connectivity index (χ4v) is 7.11. The van der Waals surface area contributed by atoms with Crippen LogP contribution in [-0.4, -0.2) is 23.1 Å². The molecule has 0 aromatic heterocycles. The van der Waals surface area contributed by atoms with Gasteiger partial charge in [0, 0.05) is 21.9 Å². The van der Waals surface area contributed by atoms with Crippen molar-refractivity contribution in [2.75, 3.05) is 0 Å². The molecule has 0 amide bonds. The maximum absolute atomic E-state index is 12.4. The highest BCUT2D eigenvalue weighted by molar-refractivity contribution is 7.18. The molecule has 16 heteroatoms. The number of fused-ring (bicyclic) bond motifs is 2. The van der Waals surface area contributed by atoms with Crippen LogP contribution < -0.4 is 10.9 Å². The molecule has 1 aliphatic heterocycles. The van der Waals surface area contributed by atoms with Gasteiger partial charge in [0.15, 0.2) is 0 Å². The summed E-state index contributed by atoms with van der Waals surface area (Å²) in [4.78, 5) is 70.2. The first-order chi connectivity index (χ1) is 21.8. The number of nitrogens with zero attached hydrogens (tertiary/aromatic N) is 2. The van der Waals surface area contributed by atoms with Crippen LogP contribution in [0.3, 0.4) is 0 Å². The third-order valence-electron chi connectivity index (χ3n) is 6.04. The van der Waals surface area contributed by atoms with Gasteiger partial charge in [-0.15, -0.1) is 22.7 Å². The van der Waals surface area contributed by atoms with E-state index >= 15 is 0 Å². The van der Waals surface area contributed by atoms with E-state index in [0.717, 1.165) is 22.7 Å². The van der Waals surface area contributed by atoms with Crippen LogP contribution in [0.15, 0.2) is 88.3 Å². The first-order valence-electron chi connectivity index (χ1n) is 12.0. The highest BCUT2D eigenvalue weighted by Crippen LogP contribution is 2.33. The Kier molecular flexibility index (Phi) is 11.0. The molecule has 0 saturated heterocycles. The molecule has 2 aromatic carbocycles. The standard InChI is InChI=1S/C14H4N2O2S2.C10H4Cl2O2.C6Cl4O2/c15-5-9-10(6-16)20-14-12(18)8-4-2-1-3-7(8)11(17)13(14)19-9;11-7-8(12)10(14)6-4-2-1-3-5(6)9(7)13;7-1-2(8)6(12)4(10)3(9)5(1)11/h1-4H;1-4H;. The Hall–Kier alpha value is -3.68. The Balaban J connectivity index is 0.000000163. The lowest BCUT2D eigenvalue weighted by Crippen LogP contribution is -2.17. The van der Waals surface area contributed by atoms with Crippen molar-refractivity contribution in [2.24, 2.45) is 0 Å². The lowest BCUT2D eigenvalue weighted by atomic mass is 9.95. The van der Waals surface area contributed by atoms with E-state index in [1.54, 1.807) is 48.5 Å². The predicted octanol–water partition coefficient (Wildman–Crippen LogP) is 7.42. The molecule has 46 heavy (non-hydrogen) atoms. The summed E-state index contributed by atoms with van der Waals surface area (Å²) in [5, 5.41) is 16.8. The normalized spacial score (nSPS) is 14.3. The minimum Gasteiger partial charge on any atom is -0.288 e. The Bertz CT molecular complexity index is 2240. The van der Waals surface area contributed by atoms with Gasteiger partial charge in [-0.05, 0) is 0 Å². The lowest BCUT2D eigenvalue weighted by Gasteiger charge is -2.12. The van der Waals surface area contributed by atoms with Crippen molar-refractivity contribution in [3.05, 3.63) is 129 Å². The number of carbonyl (C=O) groups excluding carboxylic acids is 4. The second-order valence-corrected chi connectivity index (χ2v) is 13.0. The van der Waals surface area contributed by atoms with Gasteiger partial charge in [0.05, 0.1) is 9.06 Å². The van der Waals surface area contributed by atoms with E-state index in [9.17, 15) is 28.8 Å².